The van der Waals surface area contributed by atoms with E-state index in [1.54, 1.807) is 78.1 Å². The maximum absolute atomic E-state index is 12.6. The van der Waals surface area contributed by atoms with Gasteiger partial charge in [0.15, 0.2) is 5.76 Å². The second kappa shape index (κ2) is 7.18. The SMILES string of the molecule is O=S(=O)(NCc1cccnc1-c1ccco1)c1ccc(-n2cccn2)cc1. The average molecular weight is 380 g/mol. The molecule has 7 nitrogen and oxygen atoms in total. The molecule has 4 aromatic rings. The molecule has 0 unspecified atom stereocenters. The van der Waals surface area contributed by atoms with E-state index in [9.17, 15) is 8.42 Å². The molecule has 3 aromatic heterocycles. The second-order valence-corrected chi connectivity index (χ2v) is 7.52. The van der Waals surface area contributed by atoms with E-state index in [4.69, 9.17) is 4.42 Å². The molecule has 4 rings (SSSR count). The van der Waals surface area contributed by atoms with E-state index in [-0.39, 0.29) is 11.4 Å². The van der Waals surface area contributed by atoms with Gasteiger partial charge in [-0.3, -0.25) is 4.98 Å². The summed E-state index contributed by atoms with van der Waals surface area (Å²) in [7, 11) is -3.67. The van der Waals surface area contributed by atoms with Crippen LogP contribution in [-0.2, 0) is 16.6 Å². The third-order valence-corrected chi connectivity index (χ3v) is 5.43. The summed E-state index contributed by atoms with van der Waals surface area (Å²) < 4.78 is 34.9. The summed E-state index contributed by atoms with van der Waals surface area (Å²) in [5, 5.41) is 4.12. The van der Waals surface area contributed by atoms with E-state index < -0.39 is 10.0 Å². The van der Waals surface area contributed by atoms with Crippen LogP contribution in [0.3, 0.4) is 0 Å². The Labute approximate surface area is 156 Å². The predicted octanol–water partition coefficient (Wildman–Crippen LogP) is 3.01. The number of hydrogen-bond acceptors (Lipinski definition) is 5. The number of rotatable bonds is 6. The molecule has 0 saturated heterocycles. The highest BCUT2D eigenvalue weighted by Crippen LogP contribution is 2.22. The van der Waals surface area contributed by atoms with E-state index in [0.29, 0.717) is 11.5 Å². The fourth-order valence-electron chi connectivity index (χ4n) is 2.67. The Bertz CT molecular complexity index is 1120. The van der Waals surface area contributed by atoms with Crippen molar-refractivity contribution in [2.75, 3.05) is 0 Å². The van der Waals surface area contributed by atoms with Gasteiger partial charge in [-0.1, -0.05) is 6.07 Å². The van der Waals surface area contributed by atoms with Gasteiger partial charge < -0.3 is 4.42 Å². The molecule has 3 heterocycles. The molecule has 0 aliphatic carbocycles. The van der Waals surface area contributed by atoms with Gasteiger partial charge >= 0.3 is 0 Å². The highest BCUT2D eigenvalue weighted by Gasteiger charge is 2.16. The quantitative estimate of drug-likeness (QED) is 0.555. The minimum Gasteiger partial charge on any atom is -0.463 e. The molecule has 1 aromatic carbocycles. The zero-order chi connectivity index (χ0) is 18.7. The molecule has 0 saturated carbocycles. The first-order valence-corrected chi connectivity index (χ1v) is 9.69. The van der Waals surface area contributed by atoms with Crippen LogP contribution in [0.1, 0.15) is 5.56 Å². The molecule has 0 radical (unpaired) electrons. The standard InChI is InChI=1S/C19H16N4O3S/c24-27(25,17-8-6-16(7-9-17)23-12-3-11-21-23)22-14-15-4-1-10-20-19(15)18-5-2-13-26-18/h1-13,22H,14H2. The maximum Gasteiger partial charge on any atom is 0.240 e. The monoisotopic (exact) mass is 380 g/mol. The van der Waals surface area contributed by atoms with Crippen LogP contribution < -0.4 is 4.72 Å². The van der Waals surface area contributed by atoms with Crippen LogP contribution in [0.5, 0.6) is 0 Å². The molecule has 0 bridgehead atoms. The van der Waals surface area contributed by atoms with Gasteiger partial charge in [0.1, 0.15) is 5.69 Å². The first-order chi connectivity index (χ1) is 13.1. The van der Waals surface area contributed by atoms with Crippen LogP contribution in [-0.4, -0.2) is 23.2 Å². The minimum absolute atomic E-state index is 0.104. The highest BCUT2D eigenvalue weighted by atomic mass is 32.2. The normalized spacial score (nSPS) is 11.6. The Kier molecular flexibility index (Phi) is 4.57. The maximum atomic E-state index is 12.6. The smallest absolute Gasteiger partial charge is 0.240 e. The summed E-state index contributed by atoms with van der Waals surface area (Å²) in [5.41, 5.74) is 2.12. The van der Waals surface area contributed by atoms with E-state index in [1.165, 1.54) is 0 Å². The van der Waals surface area contributed by atoms with Gasteiger partial charge in [0, 0.05) is 25.1 Å². The first-order valence-electron chi connectivity index (χ1n) is 8.21. The molecule has 0 aliphatic heterocycles. The summed E-state index contributed by atoms with van der Waals surface area (Å²) in [4.78, 5) is 4.48. The van der Waals surface area contributed by atoms with Gasteiger partial charge in [-0.15, -0.1) is 0 Å². The van der Waals surface area contributed by atoms with Crippen molar-refractivity contribution in [2.24, 2.45) is 0 Å². The Balaban J connectivity index is 1.53. The van der Waals surface area contributed by atoms with Crippen molar-refractivity contribution < 1.29 is 12.8 Å². The Morgan fingerprint density at radius 3 is 2.56 bits per heavy atom. The number of pyridine rings is 1. The van der Waals surface area contributed by atoms with Gasteiger partial charge in [0.05, 0.1) is 16.8 Å². The lowest BCUT2D eigenvalue weighted by Crippen LogP contribution is -2.23. The molecule has 0 fully saturated rings. The van der Waals surface area contributed by atoms with Crippen LogP contribution in [0.2, 0.25) is 0 Å². The van der Waals surface area contributed by atoms with Crippen molar-refractivity contribution in [1.29, 1.82) is 0 Å². The summed E-state index contributed by atoms with van der Waals surface area (Å²) in [6, 6.07) is 15.4. The lowest BCUT2D eigenvalue weighted by atomic mass is 10.1. The van der Waals surface area contributed by atoms with E-state index >= 15 is 0 Å². The molecule has 0 atom stereocenters. The molecule has 0 amide bonds. The lowest BCUT2D eigenvalue weighted by molar-refractivity contribution is 0.575. The van der Waals surface area contributed by atoms with Crippen molar-refractivity contribution in [3.8, 4) is 17.1 Å². The Morgan fingerprint density at radius 1 is 1.00 bits per heavy atom. The van der Waals surface area contributed by atoms with E-state index in [0.717, 1.165) is 11.3 Å². The highest BCUT2D eigenvalue weighted by molar-refractivity contribution is 7.89. The van der Waals surface area contributed by atoms with Crippen molar-refractivity contribution in [3.05, 3.63) is 85.0 Å². The van der Waals surface area contributed by atoms with Crippen molar-refractivity contribution >= 4 is 10.0 Å². The van der Waals surface area contributed by atoms with Crippen LogP contribution >= 0.6 is 0 Å². The predicted molar refractivity (Wildman–Crippen MR) is 99.5 cm³/mol. The third kappa shape index (κ3) is 3.67. The molecular formula is C19H16N4O3S. The van der Waals surface area contributed by atoms with Crippen LogP contribution in [0.4, 0.5) is 0 Å². The van der Waals surface area contributed by atoms with Crippen LogP contribution in [0.15, 0.2) is 88.8 Å². The summed E-state index contributed by atoms with van der Waals surface area (Å²) in [6.07, 6.45) is 6.65. The third-order valence-electron chi connectivity index (χ3n) is 4.01. The largest absolute Gasteiger partial charge is 0.463 e. The van der Waals surface area contributed by atoms with Crippen molar-refractivity contribution in [2.45, 2.75) is 11.4 Å². The summed E-state index contributed by atoms with van der Waals surface area (Å²) in [6.45, 7) is 0.104. The molecular weight excluding hydrogens is 364 g/mol. The number of nitrogens with zero attached hydrogens (tertiary/aromatic N) is 3. The van der Waals surface area contributed by atoms with Crippen molar-refractivity contribution in [1.82, 2.24) is 19.5 Å². The van der Waals surface area contributed by atoms with Gasteiger partial charge in [0.2, 0.25) is 10.0 Å². The Morgan fingerprint density at radius 2 is 1.85 bits per heavy atom. The number of aromatic nitrogens is 3. The number of benzene rings is 1. The molecule has 136 valence electrons. The Hall–Kier alpha value is -3.23. The number of sulfonamides is 1. The van der Waals surface area contributed by atoms with Gasteiger partial charge in [-0.2, -0.15) is 5.10 Å². The number of furan rings is 1. The summed E-state index contributed by atoms with van der Waals surface area (Å²) in [5.74, 6) is 0.591. The second-order valence-electron chi connectivity index (χ2n) is 5.76. The first kappa shape index (κ1) is 17.2. The van der Waals surface area contributed by atoms with Gasteiger partial charge in [-0.05, 0) is 54.1 Å². The number of hydrogen-bond donors (Lipinski definition) is 1. The molecule has 0 spiro atoms. The topological polar surface area (TPSA) is 90.0 Å². The zero-order valence-corrected chi connectivity index (χ0v) is 15.0. The van der Waals surface area contributed by atoms with Gasteiger partial charge in [0.25, 0.3) is 0 Å². The fraction of sp³-hybridized carbons (Fsp3) is 0.0526. The molecule has 1 N–H and O–H groups in total. The van der Waals surface area contributed by atoms with E-state index in [2.05, 4.69) is 14.8 Å². The molecule has 0 aliphatic rings. The summed E-state index contributed by atoms with van der Waals surface area (Å²) >= 11 is 0. The minimum atomic E-state index is -3.67. The number of nitrogens with one attached hydrogen (secondary N) is 1. The lowest BCUT2D eigenvalue weighted by Gasteiger charge is -2.10. The molecule has 27 heavy (non-hydrogen) atoms. The van der Waals surface area contributed by atoms with E-state index in [1.807, 2.05) is 6.07 Å². The average Bonchev–Trinajstić information content (AvgIpc) is 3.41. The molecule has 8 heteroatoms. The van der Waals surface area contributed by atoms with Crippen LogP contribution in [0.25, 0.3) is 17.1 Å². The van der Waals surface area contributed by atoms with Crippen LogP contribution in [0, 0.1) is 0 Å². The fourth-order valence-corrected chi connectivity index (χ4v) is 3.68. The van der Waals surface area contributed by atoms with Gasteiger partial charge in [-0.25, -0.2) is 17.8 Å². The zero-order valence-electron chi connectivity index (χ0n) is 14.2. The van der Waals surface area contributed by atoms with Crippen molar-refractivity contribution in [3.63, 3.8) is 0 Å².